The van der Waals surface area contributed by atoms with E-state index in [4.69, 9.17) is 5.73 Å². The number of hydrogen-bond acceptors (Lipinski definition) is 3. The predicted octanol–water partition coefficient (Wildman–Crippen LogP) is 2.90. The molecule has 0 aromatic heterocycles. The molecule has 3 N–H and O–H groups in total. The Morgan fingerprint density at radius 2 is 1.75 bits per heavy atom. The summed E-state index contributed by atoms with van der Waals surface area (Å²) in [6.45, 7) is 0. The van der Waals surface area contributed by atoms with Gasteiger partial charge in [0.25, 0.3) is 0 Å². The molecule has 9 heteroatoms. The Balaban J connectivity index is 2.79. The predicted molar refractivity (Wildman–Crippen MR) is 56.7 cm³/mol. The summed E-state index contributed by atoms with van der Waals surface area (Å²) in [6, 6.07) is 1.80. The molecule has 0 aliphatic rings. The number of aliphatic hydroxyl groups excluding tert-OH is 1. The average Bonchev–Trinajstić information content (AvgIpc) is 2.25. The molecule has 0 amide bonds. The molecule has 1 rings (SSSR count). The van der Waals surface area contributed by atoms with Crippen LogP contribution in [0.2, 0.25) is 0 Å². The Morgan fingerprint density at radius 1 is 1.15 bits per heavy atom. The number of aliphatic hydroxyl groups is 1. The summed E-state index contributed by atoms with van der Waals surface area (Å²) in [4.78, 5) is 0. The average molecular weight is 303 g/mol. The van der Waals surface area contributed by atoms with E-state index in [-0.39, 0.29) is 5.56 Å². The first kappa shape index (κ1) is 16.6. The van der Waals surface area contributed by atoms with Crippen LogP contribution in [0.15, 0.2) is 24.3 Å². The Bertz CT molecular complexity index is 445. The molecule has 0 saturated carbocycles. The second kappa shape index (κ2) is 5.88. The molecule has 114 valence electrons. The summed E-state index contributed by atoms with van der Waals surface area (Å²) in [5.74, 6) is -0.630. The summed E-state index contributed by atoms with van der Waals surface area (Å²) >= 11 is 0. The fourth-order valence-corrected chi connectivity index (χ4v) is 1.43. The van der Waals surface area contributed by atoms with E-state index in [1.165, 1.54) is 6.07 Å². The number of halogens is 6. The summed E-state index contributed by atoms with van der Waals surface area (Å²) in [5, 5.41) is 9.56. The highest BCUT2D eigenvalue weighted by molar-refractivity contribution is 5.30. The lowest BCUT2D eigenvalue weighted by molar-refractivity contribution is -0.274. The molecule has 3 nitrogen and oxygen atoms in total. The van der Waals surface area contributed by atoms with Gasteiger partial charge in [-0.15, -0.1) is 13.2 Å². The molecule has 0 spiro atoms. The van der Waals surface area contributed by atoms with Gasteiger partial charge in [0.2, 0.25) is 0 Å². The number of hydrogen-bond donors (Lipinski definition) is 2. The number of rotatable bonds is 4. The van der Waals surface area contributed by atoms with E-state index in [0.29, 0.717) is 0 Å². The van der Waals surface area contributed by atoms with Crippen molar-refractivity contribution in [3.8, 4) is 5.75 Å². The lowest BCUT2D eigenvalue weighted by Crippen LogP contribution is -2.38. The molecule has 1 aromatic rings. The van der Waals surface area contributed by atoms with E-state index in [9.17, 15) is 31.4 Å². The molecule has 0 heterocycles. The van der Waals surface area contributed by atoms with Crippen molar-refractivity contribution in [3.05, 3.63) is 29.8 Å². The van der Waals surface area contributed by atoms with E-state index in [2.05, 4.69) is 4.74 Å². The smallest absolute Gasteiger partial charge is 0.406 e. The third-order valence-electron chi connectivity index (χ3n) is 2.37. The molecule has 0 fully saturated rings. The molecule has 1 aromatic carbocycles. The van der Waals surface area contributed by atoms with Crippen LogP contribution in [0.25, 0.3) is 0 Å². The van der Waals surface area contributed by atoms with Crippen LogP contribution >= 0.6 is 0 Å². The third-order valence-corrected chi connectivity index (χ3v) is 2.37. The van der Waals surface area contributed by atoms with Crippen molar-refractivity contribution >= 4 is 0 Å². The van der Waals surface area contributed by atoms with Gasteiger partial charge >= 0.3 is 12.5 Å². The van der Waals surface area contributed by atoms with Gasteiger partial charge in [-0.05, 0) is 17.7 Å². The summed E-state index contributed by atoms with van der Waals surface area (Å²) in [7, 11) is 0. The van der Waals surface area contributed by atoms with Gasteiger partial charge in [0.05, 0.1) is 6.10 Å². The maximum Gasteiger partial charge on any atom is 0.573 e. The van der Waals surface area contributed by atoms with Crippen molar-refractivity contribution in [2.75, 3.05) is 0 Å². The molecular weight excluding hydrogens is 292 g/mol. The maximum atomic E-state index is 12.2. The second-order valence-electron chi connectivity index (χ2n) is 4.02. The zero-order valence-corrected chi connectivity index (χ0v) is 9.87. The molecule has 0 saturated heterocycles. The minimum atomic E-state index is -4.92. The van der Waals surface area contributed by atoms with Crippen molar-refractivity contribution in [2.24, 2.45) is 5.73 Å². The molecule has 0 radical (unpaired) electrons. The number of ether oxygens (including phenoxy) is 1. The van der Waals surface area contributed by atoms with Crippen molar-refractivity contribution in [1.82, 2.24) is 0 Å². The molecule has 20 heavy (non-hydrogen) atoms. The Labute approximate surface area is 109 Å². The van der Waals surface area contributed by atoms with Gasteiger partial charge in [-0.1, -0.05) is 12.1 Å². The highest BCUT2D eigenvalue weighted by Crippen LogP contribution is 2.29. The van der Waals surface area contributed by atoms with E-state index >= 15 is 0 Å². The van der Waals surface area contributed by atoms with Gasteiger partial charge in [0, 0.05) is 6.42 Å². The van der Waals surface area contributed by atoms with E-state index in [1.54, 1.807) is 0 Å². The fraction of sp³-hybridized carbons (Fsp3) is 0.455. The van der Waals surface area contributed by atoms with Gasteiger partial charge in [-0.2, -0.15) is 13.2 Å². The van der Waals surface area contributed by atoms with Crippen molar-refractivity contribution in [3.63, 3.8) is 0 Å². The topological polar surface area (TPSA) is 55.5 Å². The molecular formula is C11H11F6NO2. The minimum Gasteiger partial charge on any atom is -0.406 e. The van der Waals surface area contributed by atoms with Crippen LogP contribution in [0.1, 0.15) is 18.1 Å². The Hall–Kier alpha value is -1.48. The van der Waals surface area contributed by atoms with Crippen molar-refractivity contribution in [2.45, 2.75) is 31.1 Å². The monoisotopic (exact) mass is 303 g/mol. The number of benzene rings is 1. The van der Waals surface area contributed by atoms with E-state index in [1.807, 2.05) is 0 Å². The minimum absolute atomic E-state index is 0.147. The largest absolute Gasteiger partial charge is 0.573 e. The van der Waals surface area contributed by atoms with Crippen LogP contribution in [0.4, 0.5) is 26.3 Å². The van der Waals surface area contributed by atoms with Gasteiger partial charge in [-0.3, -0.25) is 0 Å². The third kappa shape index (κ3) is 5.25. The maximum absolute atomic E-state index is 12.2. The van der Waals surface area contributed by atoms with Crippen LogP contribution in [0.3, 0.4) is 0 Å². The Morgan fingerprint density at radius 3 is 2.25 bits per heavy atom. The van der Waals surface area contributed by atoms with Crippen LogP contribution in [-0.2, 0) is 0 Å². The number of nitrogens with two attached hydrogens (primary N) is 1. The SMILES string of the molecule is N[C@@H](C[C@H](O)c1cccc(OC(F)(F)F)c1)C(F)(F)F. The molecule has 2 atom stereocenters. The zero-order chi connectivity index (χ0) is 15.6. The second-order valence-corrected chi connectivity index (χ2v) is 4.02. The highest BCUT2D eigenvalue weighted by atomic mass is 19.4. The van der Waals surface area contributed by atoms with Crippen LogP contribution in [0.5, 0.6) is 5.75 Å². The zero-order valence-electron chi connectivity index (χ0n) is 9.87. The van der Waals surface area contributed by atoms with Gasteiger partial charge < -0.3 is 15.6 Å². The van der Waals surface area contributed by atoms with Gasteiger partial charge in [0.1, 0.15) is 11.8 Å². The Kier molecular flexibility index (Phi) is 4.87. The van der Waals surface area contributed by atoms with E-state index in [0.717, 1.165) is 18.2 Å². The molecule has 0 aliphatic heterocycles. The van der Waals surface area contributed by atoms with Crippen molar-refractivity contribution < 1.29 is 36.2 Å². The van der Waals surface area contributed by atoms with Gasteiger partial charge in [-0.25, -0.2) is 0 Å². The van der Waals surface area contributed by atoms with Gasteiger partial charge in [0.15, 0.2) is 0 Å². The molecule has 0 bridgehead atoms. The first-order valence-electron chi connectivity index (χ1n) is 5.35. The molecule has 0 unspecified atom stereocenters. The summed E-state index contributed by atoms with van der Waals surface area (Å²) in [6.07, 6.45) is -12.1. The molecule has 0 aliphatic carbocycles. The van der Waals surface area contributed by atoms with E-state index < -0.39 is 36.9 Å². The lowest BCUT2D eigenvalue weighted by atomic mass is 10.0. The summed E-state index contributed by atoms with van der Waals surface area (Å²) in [5.41, 5.74) is 4.69. The van der Waals surface area contributed by atoms with Crippen molar-refractivity contribution in [1.29, 1.82) is 0 Å². The van der Waals surface area contributed by atoms with Crippen LogP contribution in [0, 0.1) is 0 Å². The highest BCUT2D eigenvalue weighted by Gasteiger charge is 2.38. The first-order valence-corrected chi connectivity index (χ1v) is 5.35. The summed E-state index contributed by atoms with van der Waals surface area (Å²) < 4.78 is 76.2. The fourth-order valence-electron chi connectivity index (χ4n) is 1.43. The first-order chi connectivity index (χ1) is 8.99. The normalized spacial score (nSPS) is 15.8. The lowest BCUT2D eigenvalue weighted by Gasteiger charge is -2.19. The number of alkyl halides is 6. The van der Waals surface area contributed by atoms with Crippen LogP contribution in [-0.4, -0.2) is 23.7 Å². The standard InChI is InChI=1S/C11H11F6NO2/c12-10(13,14)9(18)5-8(19)6-2-1-3-7(4-6)20-11(15,16)17/h1-4,8-9,19H,5,18H2/t8-,9-/m0/s1. The van der Waals surface area contributed by atoms with Crippen LogP contribution < -0.4 is 10.5 Å². The quantitative estimate of drug-likeness (QED) is 0.841.